The van der Waals surface area contributed by atoms with Gasteiger partial charge in [-0.15, -0.1) is 0 Å². The van der Waals surface area contributed by atoms with Crippen LogP contribution in [0.4, 0.5) is 0 Å². The molecule has 0 unspecified atom stereocenters. The number of nitrogens with one attached hydrogen (secondary N) is 1. The molecule has 30 heavy (non-hydrogen) atoms. The molecule has 1 aliphatic carbocycles. The Morgan fingerprint density at radius 2 is 1.87 bits per heavy atom. The molecule has 1 heterocycles. The topological polar surface area (TPSA) is 73.9 Å². The molecule has 0 spiro atoms. The van der Waals surface area contributed by atoms with E-state index >= 15 is 0 Å². The number of esters is 1. The van der Waals surface area contributed by atoms with Gasteiger partial charge in [-0.1, -0.05) is 24.3 Å². The van der Waals surface area contributed by atoms with Crippen LogP contribution in [0.5, 0.6) is 5.75 Å². The van der Waals surface area contributed by atoms with Crippen molar-refractivity contribution in [2.24, 2.45) is 0 Å². The van der Waals surface area contributed by atoms with E-state index in [0.29, 0.717) is 17.9 Å². The maximum Gasteiger partial charge on any atom is 0.338 e. The largest absolute Gasteiger partial charge is 0.491 e. The molecule has 6 nitrogen and oxygen atoms in total. The molecule has 6 heteroatoms. The van der Waals surface area contributed by atoms with Gasteiger partial charge in [-0.3, -0.25) is 4.79 Å². The number of carbonyl (C=O) groups is 2. The summed E-state index contributed by atoms with van der Waals surface area (Å²) < 4.78 is 16.4. The molecule has 1 fully saturated rings. The van der Waals surface area contributed by atoms with E-state index < -0.39 is 5.97 Å². The van der Waals surface area contributed by atoms with Crippen molar-refractivity contribution in [2.45, 2.75) is 44.2 Å². The highest BCUT2D eigenvalue weighted by Crippen LogP contribution is 2.29. The second-order valence-electron chi connectivity index (χ2n) is 7.76. The second kappa shape index (κ2) is 9.76. The van der Waals surface area contributed by atoms with E-state index in [4.69, 9.17) is 14.2 Å². The monoisotopic (exact) mass is 409 g/mol. The Kier molecular flexibility index (Phi) is 6.64. The third-order valence-corrected chi connectivity index (χ3v) is 5.59. The van der Waals surface area contributed by atoms with Crippen molar-refractivity contribution in [1.29, 1.82) is 0 Å². The van der Waals surface area contributed by atoms with Crippen molar-refractivity contribution in [3.05, 3.63) is 65.2 Å². The number of carbonyl (C=O) groups excluding carboxylic acids is 2. The maximum absolute atomic E-state index is 12.3. The lowest BCUT2D eigenvalue weighted by atomic mass is 9.88. The SMILES string of the molecule is O=C(COC(=O)c1ccc(OC[C@H]2CCCO2)cc1)N[C@H]1CCCc2ccccc21. The zero-order valence-electron chi connectivity index (χ0n) is 17.0. The first kappa shape index (κ1) is 20.4. The lowest BCUT2D eigenvalue weighted by molar-refractivity contribution is -0.125. The molecule has 0 saturated carbocycles. The highest BCUT2D eigenvalue weighted by atomic mass is 16.5. The van der Waals surface area contributed by atoms with E-state index in [1.54, 1.807) is 24.3 Å². The quantitative estimate of drug-likeness (QED) is 0.708. The van der Waals surface area contributed by atoms with Crippen molar-refractivity contribution in [1.82, 2.24) is 5.32 Å². The average molecular weight is 409 g/mol. The molecule has 0 aromatic heterocycles. The van der Waals surface area contributed by atoms with Crippen molar-refractivity contribution < 1.29 is 23.8 Å². The number of hydrogen-bond acceptors (Lipinski definition) is 5. The van der Waals surface area contributed by atoms with Crippen LogP contribution in [0.3, 0.4) is 0 Å². The maximum atomic E-state index is 12.3. The molecule has 1 amide bonds. The molecule has 0 radical (unpaired) electrons. The molecule has 1 aliphatic heterocycles. The predicted octanol–water partition coefficient (Wildman–Crippen LogP) is 3.60. The number of ether oxygens (including phenoxy) is 3. The summed E-state index contributed by atoms with van der Waals surface area (Å²) in [4.78, 5) is 24.6. The van der Waals surface area contributed by atoms with E-state index in [-0.39, 0.29) is 24.7 Å². The van der Waals surface area contributed by atoms with Crippen LogP contribution >= 0.6 is 0 Å². The molecule has 0 bridgehead atoms. The fourth-order valence-corrected chi connectivity index (χ4v) is 4.01. The molecule has 4 rings (SSSR count). The fourth-order valence-electron chi connectivity index (χ4n) is 4.01. The summed E-state index contributed by atoms with van der Waals surface area (Å²) in [6.07, 6.45) is 5.18. The molecule has 2 aromatic rings. The summed E-state index contributed by atoms with van der Waals surface area (Å²) in [6.45, 7) is 1.00. The van der Waals surface area contributed by atoms with E-state index in [1.165, 1.54) is 5.56 Å². The van der Waals surface area contributed by atoms with Gasteiger partial charge in [0.1, 0.15) is 12.4 Å². The van der Waals surface area contributed by atoms with Gasteiger partial charge in [0.05, 0.1) is 17.7 Å². The molecule has 2 atom stereocenters. The smallest absolute Gasteiger partial charge is 0.338 e. The minimum Gasteiger partial charge on any atom is -0.491 e. The van der Waals surface area contributed by atoms with E-state index in [0.717, 1.165) is 44.3 Å². The van der Waals surface area contributed by atoms with Crippen molar-refractivity contribution in [2.75, 3.05) is 19.8 Å². The number of benzene rings is 2. The van der Waals surface area contributed by atoms with Crippen LogP contribution < -0.4 is 10.1 Å². The van der Waals surface area contributed by atoms with Crippen molar-refractivity contribution in [3.8, 4) is 5.75 Å². The van der Waals surface area contributed by atoms with Crippen LogP contribution in [-0.2, 0) is 20.7 Å². The Hall–Kier alpha value is -2.86. The first-order chi connectivity index (χ1) is 14.7. The van der Waals surface area contributed by atoms with Gasteiger partial charge >= 0.3 is 5.97 Å². The summed E-state index contributed by atoms with van der Waals surface area (Å²) in [6, 6.07) is 14.9. The molecule has 1 saturated heterocycles. The minimum atomic E-state index is -0.528. The molecule has 2 aromatic carbocycles. The summed E-state index contributed by atoms with van der Waals surface area (Å²) in [5.74, 6) is -0.141. The van der Waals surface area contributed by atoms with Crippen LogP contribution in [0.2, 0.25) is 0 Å². The summed E-state index contributed by atoms with van der Waals surface area (Å²) in [5.41, 5.74) is 2.81. The van der Waals surface area contributed by atoms with Crippen LogP contribution in [0.25, 0.3) is 0 Å². The average Bonchev–Trinajstić information content (AvgIpc) is 3.30. The van der Waals surface area contributed by atoms with Gasteiger partial charge in [0.2, 0.25) is 0 Å². The van der Waals surface area contributed by atoms with Crippen LogP contribution in [-0.4, -0.2) is 37.8 Å². The number of hydrogen-bond donors (Lipinski definition) is 1. The predicted molar refractivity (Wildman–Crippen MR) is 111 cm³/mol. The number of aryl methyl sites for hydroxylation is 1. The highest BCUT2D eigenvalue weighted by molar-refractivity contribution is 5.91. The van der Waals surface area contributed by atoms with Crippen LogP contribution in [0, 0.1) is 0 Å². The van der Waals surface area contributed by atoms with Gasteiger partial charge in [0.15, 0.2) is 6.61 Å². The van der Waals surface area contributed by atoms with Crippen LogP contribution in [0.1, 0.15) is 53.2 Å². The van der Waals surface area contributed by atoms with Gasteiger partial charge in [-0.2, -0.15) is 0 Å². The third kappa shape index (κ3) is 5.19. The first-order valence-corrected chi connectivity index (χ1v) is 10.6. The molecule has 2 aliphatic rings. The number of rotatable bonds is 7. The Balaban J connectivity index is 1.24. The fraction of sp³-hybridized carbons (Fsp3) is 0.417. The summed E-state index contributed by atoms with van der Waals surface area (Å²) in [7, 11) is 0. The first-order valence-electron chi connectivity index (χ1n) is 10.6. The second-order valence-corrected chi connectivity index (χ2v) is 7.76. The van der Waals surface area contributed by atoms with Gasteiger partial charge in [-0.25, -0.2) is 4.79 Å². The van der Waals surface area contributed by atoms with E-state index in [2.05, 4.69) is 11.4 Å². The van der Waals surface area contributed by atoms with Crippen LogP contribution in [0.15, 0.2) is 48.5 Å². The zero-order chi connectivity index (χ0) is 20.8. The van der Waals surface area contributed by atoms with Gasteiger partial charge in [0, 0.05) is 6.61 Å². The summed E-state index contributed by atoms with van der Waals surface area (Å²) in [5, 5.41) is 2.99. The Morgan fingerprint density at radius 3 is 2.67 bits per heavy atom. The highest BCUT2D eigenvalue weighted by Gasteiger charge is 2.22. The molecular weight excluding hydrogens is 382 g/mol. The third-order valence-electron chi connectivity index (χ3n) is 5.59. The lowest BCUT2D eigenvalue weighted by Gasteiger charge is -2.26. The molecule has 1 N–H and O–H groups in total. The van der Waals surface area contributed by atoms with Gasteiger partial charge in [-0.05, 0) is 67.5 Å². The standard InChI is InChI=1S/C24H27NO5/c26-23(25-22-9-3-6-17-5-1-2-8-21(17)22)16-30-24(27)18-10-12-19(13-11-18)29-15-20-7-4-14-28-20/h1-2,5,8,10-13,20,22H,3-4,6-7,9,14-16H2,(H,25,26)/t20-,22+/m1/s1. The number of amides is 1. The molecule has 158 valence electrons. The minimum absolute atomic E-state index is 0.0265. The van der Waals surface area contributed by atoms with Crippen molar-refractivity contribution in [3.63, 3.8) is 0 Å². The van der Waals surface area contributed by atoms with Crippen molar-refractivity contribution >= 4 is 11.9 Å². The van der Waals surface area contributed by atoms with E-state index in [1.807, 2.05) is 18.2 Å². The zero-order valence-corrected chi connectivity index (χ0v) is 17.0. The summed E-state index contributed by atoms with van der Waals surface area (Å²) >= 11 is 0. The number of fused-ring (bicyclic) bond motifs is 1. The van der Waals surface area contributed by atoms with Gasteiger partial charge in [0.25, 0.3) is 5.91 Å². The molecular formula is C24H27NO5. The van der Waals surface area contributed by atoms with E-state index in [9.17, 15) is 9.59 Å². The van der Waals surface area contributed by atoms with Gasteiger partial charge < -0.3 is 19.5 Å². The lowest BCUT2D eigenvalue weighted by Crippen LogP contribution is -2.34. The normalized spacial score (nSPS) is 20.3. The Morgan fingerprint density at radius 1 is 1.03 bits per heavy atom. The Bertz CT molecular complexity index is 873. The Labute approximate surface area is 176 Å².